The molecule has 0 amide bonds. The van der Waals surface area contributed by atoms with Gasteiger partial charge in [0, 0.05) is 24.1 Å². The first kappa shape index (κ1) is 14.4. The van der Waals surface area contributed by atoms with Crippen LogP contribution in [-0.2, 0) is 5.41 Å². The number of hydrogen-bond donors (Lipinski definition) is 1. The third-order valence-corrected chi connectivity index (χ3v) is 2.87. The minimum absolute atomic E-state index is 0.236. The van der Waals surface area contributed by atoms with Crippen molar-refractivity contribution in [2.45, 2.75) is 26.2 Å². The molecule has 2 aromatic rings. The Morgan fingerprint density at radius 2 is 1.70 bits per heavy atom. The summed E-state index contributed by atoms with van der Waals surface area (Å²) in [7, 11) is 1.75. The third kappa shape index (κ3) is 2.92. The van der Waals surface area contributed by atoms with Crippen molar-refractivity contribution in [2.24, 2.45) is 0 Å². The second kappa shape index (κ2) is 5.15. The van der Waals surface area contributed by atoms with Gasteiger partial charge in [-0.25, -0.2) is 18.7 Å². The Labute approximate surface area is 117 Å². The fourth-order valence-corrected chi connectivity index (χ4v) is 1.71. The molecule has 0 saturated carbocycles. The van der Waals surface area contributed by atoms with Gasteiger partial charge in [-0.05, 0) is 18.2 Å². The molecule has 1 heterocycles. The molecule has 0 aliphatic carbocycles. The minimum Gasteiger partial charge on any atom is -0.373 e. The van der Waals surface area contributed by atoms with Crippen LogP contribution in [0.4, 0.5) is 14.6 Å². The van der Waals surface area contributed by atoms with Crippen LogP contribution in [0.2, 0.25) is 0 Å². The van der Waals surface area contributed by atoms with Crippen LogP contribution in [0.15, 0.2) is 24.3 Å². The quantitative estimate of drug-likeness (QED) is 0.908. The molecule has 0 spiro atoms. The normalized spacial score (nSPS) is 11.5. The average molecular weight is 277 g/mol. The van der Waals surface area contributed by atoms with Gasteiger partial charge in [0.25, 0.3) is 0 Å². The monoisotopic (exact) mass is 277 g/mol. The zero-order chi connectivity index (χ0) is 14.9. The maximum absolute atomic E-state index is 13.3. The van der Waals surface area contributed by atoms with Crippen molar-refractivity contribution in [1.82, 2.24) is 9.97 Å². The molecular formula is C15H17F2N3. The van der Waals surface area contributed by atoms with Crippen LogP contribution in [0.1, 0.15) is 26.6 Å². The molecule has 0 fully saturated rings. The van der Waals surface area contributed by atoms with E-state index in [1.54, 1.807) is 13.1 Å². The van der Waals surface area contributed by atoms with Crippen LogP contribution in [0.5, 0.6) is 0 Å². The van der Waals surface area contributed by atoms with Crippen molar-refractivity contribution in [1.29, 1.82) is 0 Å². The molecular weight excluding hydrogens is 260 g/mol. The van der Waals surface area contributed by atoms with Gasteiger partial charge in [0.05, 0.1) is 5.69 Å². The van der Waals surface area contributed by atoms with Crippen molar-refractivity contribution in [3.63, 3.8) is 0 Å². The third-order valence-electron chi connectivity index (χ3n) is 2.87. The Bertz CT molecular complexity index is 634. The smallest absolute Gasteiger partial charge is 0.159 e. The highest BCUT2D eigenvalue weighted by molar-refractivity contribution is 5.62. The van der Waals surface area contributed by atoms with E-state index in [4.69, 9.17) is 0 Å². The summed E-state index contributed by atoms with van der Waals surface area (Å²) in [5.74, 6) is -0.467. The number of halogens is 2. The van der Waals surface area contributed by atoms with E-state index in [-0.39, 0.29) is 5.41 Å². The number of nitrogens with zero attached hydrogens (tertiary/aromatic N) is 2. The molecule has 1 N–H and O–H groups in total. The van der Waals surface area contributed by atoms with Gasteiger partial charge in [-0.3, -0.25) is 0 Å². The highest BCUT2D eigenvalue weighted by atomic mass is 19.2. The summed E-state index contributed by atoms with van der Waals surface area (Å²) in [6.45, 7) is 5.99. The zero-order valence-electron chi connectivity index (χ0n) is 12.0. The van der Waals surface area contributed by atoms with Crippen molar-refractivity contribution in [2.75, 3.05) is 12.4 Å². The van der Waals surface area contributed by atoms with Crippen molar-refractivity contribution in [3.05, 3.63) is 41.7 Å². The summed E-state index contributed by atoms with van der Waals surface area (Å²) < 4.78 is 26.4. The highest BCUT2D eigenvalue weighted by Gasteiger charge is 2.19. The molecule has 106 valence electrons. The Kier molecular flexibility index (Phi) is 3.70. The van der Waals surface area contributed by atoms with Crippen LogP contribution in [-0.4, -0.2) is 17.0 Å². The molecule has 1 aromatic carbocycles. The highest BCUT2D eigenvalue weighted by Crippen LogP contribution is 2.26. The summed E-state index contributed by atoms with van der Waals surface area (Å²) in [4.78, 5) is 8.85. The van der Waals surface area contributed by atoms with E-state index in [2.05, 4.69) is 15.3 Å². The van der Waals surface area contributed by atoms with Crippen LogP contribution in [0, 0.1) is 11.6 Å². The van der Waals surface area contributed by atoms with E-state index < -0.39 is 11.6 Å². The number of rotatable bonds is 2. The summed E-state index contributed by atoms with van der Waals surface area (Å²) in [6, 6.07) is 5.46. The van der Waals surface area contributed by atoms with Gasteiger partial charge in [0.1, 0.15) is 11.6 Å². The van der Waals surface area contributed by atoms with Crippen molar-refractivity contribution in [3.8, 4) is 11.3 Å². The van der Waals surface area contributed by atoms with Gasteiger partial charge in [0.15, 0.2) is 11.6 Å². The minimum atomic E-state index is -0.885. The maximum Gasteiger partial charge on any atom is 0.159 e. The lowest BCUT2D eigenvalue weighted by Gasteiger charge is -2.18. The number of benzene rings is 1. The van der Waals surface area contributed by atoms with Crippen LogP contribution in [0.25, 0.3) is 11.3 Å². The fourth-order valence-electron chi connectivity index (χ4n) is 1.71. The summed E-state index contributed by atoms with van der Waals surface area (Å²) in [5.41, 5.74) is 0.849. The average Bonchev–Trinajstić information content (AvgIpc) is 2.40. The van der Waals surface area contributed by atoms with Crippen molar-refractivity contribution >= 4 is 5.82 Å². The SMILES string of the molecule is CNc1cc(-c2ccc(F)c(F)c2)nc(C(C)(C)C)n1. The number of hydrogen-bond acceptors (Lipinski definition) is 3. The molecule has 0 atom stereocenters. The molecule has 0 aliphatic rings. The lowest BCUT2D eigenvalue weighted by molar-refractivity contribution is 0.509. The first-order chi connectivity index (χ1) is 9.31. The van der Waals surface area contributed by atoms with E-state index in [1.165, 1.54) is 6.07 Å². The Morgan fingerprint density at radius 3 is 2.25 bits per heavy atom. The first-order valence-electron chi connectivity index (χ1n) is 6.34. The first-order valence-corrected chi connectivity index (χ1v) is 6.34. The van der Waals surface area contributed by atoms with Gasteiger partial charge in [-0.15, -0.1) is 0 Å². The predicted molar refractivity (Wildman–Crippen MR) is 75.6 cm³/mol. The molecule has 3 nitrogen and oxygen atoms in total. The molecule has 5 heteroatoms. The largest absolute Gasteiger partial charge is 0.373 e. The second-order valence-corrected chi connectivity index (χ2v) is 5.59. The lowest BCUT2D eigenvalue weighted by atomic mass is 9.95. The zero-order valence-corrected chi connectivity index (χ0v) is 12.0. The molecule has 0 radical (unpaired) electrons. The molecule has 0 aliphatic heterocycles. The molecule has 1 aromatic heterocycles. The maximum atomic E-state index is 13.3. The van der Waals surface area contributed by atoms with E-state index in [0.717, 1.165) is 12.1 Å². The van der Waals surface area contributed by atoms with Gasteiger partial charge in [0.2, 0.25) is 0 Å². The second-order valence-electron chi connectivity index (χ2n) is 5.59. The standard InChI is InChI=1S/C15H17F2N3/c1-15(2,3)14-19-12(8-13(18-4)20-14)9-5-6-10(16)11(17)7-9/h5-8H,1-4H3,(H,18,19,20). The van der Waals surface area contributed by atoms with Crippen LogP contribution < -0.4 is 5.32 Å². The van der Waals surface area contributed by atoms with Crippen molar-refractivity contribution < 1.29 is 8.78 Å². The van der Waals surface area contributed by atoms with E-state index in [1.807, 2.05) is 20.8 Å². The fraction of sp³-hybridized carbons (Fsp3) is 0.333. The van der Waals surface area contributed by atoms with Gasteiger partial charge in [-0.1, -0.05) is 20.8 Å². The van der Waals surface area contributed by atoms with Gasteiger partial charge in [-0.2, -0.15) is 0 Å². The molecule has 20 heavy (non-hydrogen) atoms. The Hall–Kier alpha value is -2.04. The van der Waals surface area contributed by atoms with Gasteiger partial charge < -0.3 is 5.32 Å². The van der Waals surface area contributed by atoms with E-state index in [9.17, 15) is 8.78 Å². The molecule has 0 saturated heterocycles. The summed E-state index contributed by atoms with van der Waals surface area (Å²) in [5, 5.41) is 2.96. The summed E-state index contributed by atoms with van der Waals surface area (Å²) in [6.07, 6.45) is 0. The molecule has 0 unspecified atom stereocenters. The molecule has 0 bridgehead atoms. The Balaban J connectivity index is 2.58. The van der Waals surface area contributed by atoms with E-state index >= 15 is 0 Å². The predicted octanol–water partition coefficient (Wildman–Crippen LogP) is 3.76. The van der Waals surface area contributed by atoms with Crippen LogP contribution >= 0.6 is 0 Å². The topological polar surface area (TPSA) is 37.8 Å². The summed E-state index contributed by atoms with van der Waals surface area (Å²) >= 11 is 0. The van der Waals surface area contributed by atoms with Crippen LogP contribution in [0.3, 0.4) is 0 Å². The number of nitrogens with one attached hydrogen (secondary N) is 1. The number of anilines is 1. The number of aromatic nitrogens is 2. The van der Waals surface area contributed by atoms with Gasteiger partial charge >= 0.3 is 0 Å². The lowest BCUT2D eigenvalue weighted by Crippen LogP contribution is -2.17. The molecule has 2 rings (SSSR count). The van der Waals surface area contributed by atoms with E-state index in [0.29, 0.717) is 22.9 Å². The Morgan fingerprint density at radius 1 is 1.00 bits per heavy atom.